The third-order valence-corrected chi connectivity index (χ3v) is 4.38. The Labute approximate surface area is 130 Å². The molecule has 1 aliphatic heterocycles. The van der Waals surface area contributed by atoms with Crippen molar-refractivity contribution >= 4 is 21.9 Å². The smallest absolute Gasteiger partial charge is 0.245 e. The Morgan fingerprint density at radius 2 is 2.14 bits per heavy atom. The van der Waals surface area contributed by atoms with Crippen LogP contribution in [0, 0.1) is 11.7 Å². The van der Waals surface area contributed by atoms with E-state index in [2.05, 4.69) is 36.0 Å². The molecule has 5 nitrogen and oxygen atoms in total. The molecule has 0 bridgehead atoms. The number of nitrogens with two attached hydrogens (primary N) is 1. The predicted octanol–water partition coefficient (Wildman–Crippen LogP) is 2.55. The van der Waals surface area contributed by atoms with Gasteiger partial charge in [-0.1, -0.05) is 15.9 Å². The van der Waals surface area contributed by atoms with E-state index in [1.54, 1.807) is 12.1 Å². The first-order chi connectivity index (χ1) is 10.2. The maximum Gasteiger partial charge on any atom is 0.245 e. The van der Waals surface area contributed by atoms with E-state index in [-0.39, 0.29) is 5.82 Å². The van der Waals surface area contributed by atoms with Gasteiger partial charge in [-0.2, -0.15) is 4.98 Å². The van der Waals surface area contributed by atoms with E-state index < -0.39 is 0 Å². The number of halogens is 2. The van der Waals surface area contributed by atoms with E-state index in [9.17, 15) is 4.39 Å². The molecule has 3 rings (SSSR count). The number of nitrogens with one attached hydrogen (secondary N) is 1. The van der Waals surface area contributed by atoms with Crippen molar-refractivity contribution in [1.82, 2.24) is 15.2 Å². The highest BCUT2D eigenvalue weighted by molar-refractivity contribution is 9.10. The van der Waals surface area contributed by atoms with E-state index in [1.807, 2.05) is 0 Å². The van der Waals surface area contributed by atoms with E-state index in [4.69, 9.17) is 5.73 Å². The van der Waals surface area contributed by atoms with Crippen LogP contribution in [0.1, 0.15) is 12.8 Å². The van der Waals surface area contributed by atoms with Crippen LogP contribution in [-0.2, 0) is 0 Å². The van der Waals surface area contributed by atoms with Crippen LogP contribution in [0.2, 0.25) is 0 Å². The summed E-state index contributed by atoms with van der Waals surface area (Å²) in [4.78, 5) is 6.54. The first-order valence-electron chi connectivity index (χ1n) is 7.00. The summed E-state index contributed by atoms with van der Waals surface area (Å²) < 4.78 is 14.7. The van der Waals surface area contributed by atoms with E-state index in [1.165, 1.54) is 6.07 Å². The lowest BCUT2D eigenvalue weighted by molar-refractivity contribution is 0.411. The zero-order chi connectivity index (χ0) is 14.8. The molecule has 1 saturated heterocycles. The number of benzene rings is 1. The summed E-state index contributed by atoms with van der Waals surface area (Å²) in [6.45, 7) is 2.51. The van der Waals surface area contributed by atoms with E-state index in [0.717, 1.165) is 36.9 Å². The number of nitrogens with zero attached hydrogens (tertiary/aromatic N) is 3. The Morgan fingerprint density at radius 1 is 1.38 bits per heavy atom. The number of rotatable bonds is 3. The highest BCUT2D eigenvalue weighted by Gasteiger charge is 2.21. The van der Waals surface area contributed by atoms with Crippen LogP contribution in [0.4, 0.5) is 10.3 Å². The van der Waals surface area contributed by atoms with Crippen molar-refractivity contribution in [2.75, 3.05) is 24.5 Å². The molecule has 1 aliphatic rings. The van der Waals surface area contributed by atoms with Gasteiger partial charge in [-0.3, -0.25) is 5.10 Å². The average molecular weight is 354 g/mol. The predicted molar refractivity (Wildman–Crippen MR) is 83.5 cm³/mol. The molecule has 7 heteroatoms. The van der Waals surface area contributed by atoms with Gasteiger partial charge in [-0.25, -0.2) is 4.39 Å². The molecule has 1 aromatic heterocycles. The maximum atomic E-state index is 13.9. The van der Waals surface area contributed by atoms with Crippen LogP contribution in [0.25, 0.3) is 11.4 Å². The van der Waals surface area contributed by atoms with Crippen LogP contribution in [0.3, 0.4) is 0 Å². The Balaban J connectivity index is 1.79. The van der Waals surface area contributed by atoms with Crippen LogP contribution >= 0.6 is 15.9 Å². The van der Waals surface area contributed by atoms with Gasteiger partial charge in [-0.05, 0) is 43.5 Å². The average Bonchev–Trinajstić information content (AvgIpc) is 2.99. The molecule has 0 unspecified atom stereocenters. The molecule has 0 radical (unpaired) electrons. The van der Waals surface area contributed by atoms with Gasteiger partial charge in [0.1, 0.15) is 5.82 Å². The summed E-state index contributed by atoms with van der Waals surface area (Å²) in [7, 11) is 0. The minimum atomic E-state index is -0.317. The lowest BCUT2D eigenvalue weighted by atomic mass is 9.97. The second kappa shape index (κ2) is 6.11. The standard InChI is InChI=1S/C14H17BrFN5/c15-10-1-2-12(16)11(7-10)13-18-14(20-19-13)21-5-3-9(8-17)4-6-21/h1-2,7,9H,3-6,8,17H2,(H,18,19,20). The van der Waals surface area contributed by atoms with Gasteiger partial charge in [0.05, 0.1) is 5.56 Å². The van der Waals surface area contributed by atoms with Crippen LogP contribution in [0.5, 0.6) is 0 Å². The molecule has 0 atom stereocenters. The molecule has 112 valence electrons. The minimum Gasteiger partial charge on any atom is -0.340 e. The molecule has 2 heterocycles. The number of aromatic amines is 1. The van der Waals surface area contributed by atoms with Gasteiger partial charge in [0.25, 0.3) is 0 Å². The highest BCUT2D eigenvalue weighted by atomic mass is 79.9. The molecular formula is C14H17BrFN5. The Kier molecular flexibility index (Phi) is 4.21. The number of hydrogen-bond donors (Lipinski definition) is 2. The molecule has 0 amide bonds. The second-order valence-electron chi connectivity index (χ2n) is 5.27. The van der Waals surface area contributed by atoms with Crippen LogP contribution in [0.15, 0.2) is 22.7 Å². The number of aromatic nitrogens is 3. The fourth-order valence-corrected chi connectivity index (χ4v) is 2.92. The first-order valence-corrected chi connectivity index (χ1v) is 7.79. The SMILES string of the molecule is NCC1CCN(c2n[nH]c(-c3cc(Br)ccc3F)n2)CC1. The van der Waals surface area contributed by atoms with Crippen molar-refractivity contribution in [3.63, 3.8) is 0 Å². The third-order valence-electron chi connectivity index (χ3n) is 3.89. The monoisotopic (exact) mass is 353 g/mol. The topological polar surface area (TPSA) is 70.8 Å². The van der Waals surface area contributed by atoms with E-state index in [0.29, 0.717) is 23.3 Å². The number of hydrogen-bond acceptors (Lipinski definition) is 4. The third kappa shape index (κ3) is 3.08. The van der Waals surface area contributed by atoms with Gasteiger partial charge >= 0.3 is 0 Å². The minimum absolute atomic E-state index is 0.317. The molecular weight excluding hydrogens is 337 g/mol. The van der Waals surface area contributed by atoms with Gasteiger partial charge in [-0.15, -0.1) is 5.10 Å². The molecule has 0 spiro atoms. The quantitative estimate of drug-likeness (QED) is 0.889. The molecule has 2 aromatic rings. The van der Waals surface area contributed by atoms with Gasteiger partial charge in [0.2, 0.25) is 5.95 Å². The maximum absolute atomic E-state index is 13.9. The lowest BCUT2D eigenvalue weighted by Crippen LogP contribution is -2.36. The summed E-state index contributed by atoms with van der Waals surface area (Å²) in [6.07, 6.45) is 2.09. The zero-order valence-corrected chi connectivity index (χ0v) is 13.1. The summed E-state index contributed by atoms with van der Waals surface area (Å²) in [6, 6.07) is 4.77. The summed E-state index contributed by atoms with van der Waals surface area (Å²) in [5.74, 6) is 1.34. The Bertz CT molecular complexity index is 622. The van der Waals surface area contributed by atoms with Crippen molar-refractivity contribution in [2.45, 2.75) is 12.8 Å². The van der Waals surface area contributed by atoms with Crippen molar-refractivity contribution in [3.8, 4) is 11.4 Å². The normalized spacial score (nSPS) is 16.4. The highest BCUT2D eigenvalue weighted by Crippen LogP contribution is 2.26. The summed E-state index contributed by atoms with van der Waals surface area (Å²) in [5.41, 5.74) is 6.11. The van der Waals surface area contributed by atoms with Crippen molar-refractivity contribution in [1.29, 1.82) is 0 Å². The first kappa shape index (κ1) is 14.5. The van der Waals surface area contributed by atoms with E-state index >= 15 is 0 Å². The molecule has 1 fully saturated rings. The van der Waals surface area contributed by atoms with Crippen molar-refractivity contribution in [2.24, 2.45) is 11.7 Å². The van der Waals surface area contributed by atoms with Crippen molar-refractivity contribution < 1.29 is 4.39 Å². The lowest BCUT2D eigenvalue weighted by Gasteiger charge is -2.30. The number of anilines is 1. The molecule has 21 heavy (non-hydrogen) atoms. The number of piperidine rings is 1. The molecule has 0 aliphatic carbocycles. The van der Waals surface area contributed by atoms with Crippen molar-refractivity contribution in [3.05, 3.63) is 28.5 Å². The van der Waals surface area contributed by atoms with Gasteiger partial charge < -0.3 is 10.6 Å². The molecule has 0 saturated carbocycles. The van der Waals surface area contributed by atoms with Gasteiger partial charge in [0, 0.05) is 17.6 Å². The molecule has 1 aromatic carbocycles. The fourth-order valence-electron chi connectivity index (χ4n) is 2.56. The van der Waals surface area contributed by atoms with Gasteiger partial charge in [0.15, 0.2) is 5.82 Å². The summed E-state index contributed by atoms with van der Waals surface area (Å²) >= 11 is 3.34. The fraction of sp³-hybridized carbons (Fsp3) is 0.429. The zero-order valence-electron chi connectivity index (χ0n) is 11.5. The Morgan fingerprint density at radius 3 is 2.86 bits per heavy atom. The molecule has 3 N–H and O–H groups in total. The Hall–Kier alpha value is -1.47. The van der Waals surface area contributed by atoms with Crippen LogP contribution in [-0.4, -0.2) is 34.8 Å². The number of H-pyrrole nitrogens is 1. The van der Waals surface area contributed by atoms with Crippen LogP contribution < -0.4 is 10.6 Å². The largest absolute Gasteiger partial charge is 0.340 e. The summed E-state index contributed by atoms with van der Waals surface area (Å²) in [5, 5.41) is 7.04. The second-order valence-corrected chi connectivity index (χ2v) is 6.19.